The molecule has 1 aromatic heterocycles. The molecule has 1 heterocycles. The summed E-state index contributed by atoms with van der Waals surface area (Å²) < 4.78 is 7.99. The van der Waals surface area contributed by atoms with E-state index in [-0.39, 0.29) is 11.6 Å². The van der Waals surface area contributed by atoms with Crippen LogP contribution in [0.2, 0.25) is 5.02 Å². The van der Waals surface area contributed by atoms with Crippen LogP contribution >= 0.6 is 11.6 Å². The topological polar surface area (TPSA) is 67.0 Å². The summed E-state index contributed by atoms with van der Waals surface area (Å²) in [5.41, 5.74) is 5.80. The Morgan fingerprint density at radius 2 is 1.73 bits per heavy atom. The predicted molar refractivity (Wildman–Crippen MR) is 148 cm³/mol. The Balaban J connectivity index is 1.49. The minimum atomic E-state index is -0.397. The van der Waals surface area contributed by atoms with Gasteiger partial charge in [0.05, 0.1) is 6.04 Å². The molecule has 0 fully saturated rings. The number of aryl methyl sites for hydroxylation is 1. The van der Waals surface area contributed by atoms with Crippen LogP contribution in [0.15, 0.2) is 90.5 Å². The number of carbonyl (C=O) groups is 1. The van der Waals surface area contributed by atoms with Crippen molar-refractivity contribution < 1.29 is 9.53 Å². The lowest BCUT2D eigenvalue weighted by atomic mass is 10.1. The van der Waals surface area contributed by atoms with Gasteiger partial charge in [-0.15, -0.1) is 0 Å². The second-order valence-electron chi connectivity index (χ2n) is 8.85. The van der Waals surface area contributed by atoms with Gasteiger partial charge in [-0.05, 0) is 86.0 Å². The van der Waals surface area contributed by atoms with Gasteiger partial charge in [0.15, 0.2) is 0 Å². The largest absolute Gasteiger partial charge is 0.489 e. The Hall–Kier alpha value is -4.27. The van der Waals surface area contributed by atoms with Gasteiger partial charge in [-0.3, -0.25) is 4.79 Å². The number of hydrogen-bond acceptors (Lipinski definition) is 3. The van der Waals surface area contributed by atoms with Gasteiger partial charge in [0.25, 0.3) is 5.91 Å². The van der Waals surface area contributed by atoms with Crippen molar-refractivity contribution in [2.45, 2.75) is 33.4 Å². The quantitative estimate of drug-likeness (QED) is 0.203. The number of aromatic nitrogens is 1. The molecule has 0 aliphatic rings. The molecule has 0 spiro atoms. The zero-order valence-corrected chi connectivity index (χ0v) is 21.8. The lowest BCUT2D eigenvalue weighted by Crippen LogP contribution is -2.27. The van der Waals surface area contributed by atoms with Crippen molar-refractivity contribution in [3.05, 3.63) is 124 Å². The summed E-state index contributed by atoms with van der Waals surface area (Å²) in [5, 5.41) is 13.3. The Labute approximate surface area is 222 Å². The summed E-state index contributed by atoms with van der Waals surface area (Å²) in [6.45, 7) is 6.33. The molecule has 4 rings (SSSR count). The molecule has 37 heavy (non-hydrogen) atoms. The fraction of sp³-hybridized carbons (Fsp3) is 0.161. The maximum absolute atomic E-state index is 12.8. The molecule has 0 aliphatic heterocycles. The van der Waals surface area contributed by atoms with Gasteiger partial charge in [-0.1, -0.05) is 54.1 Å². The molecule has 1 atom stereocenters. The third kappa shape index (κ3) is 6.30. The number of ether oxygens (including phenoxy) is 1. The summed E-state index contributed by atoms with van der Waals surface area (Å²) in [7, 11) is 0. The molecule has 6 heteroatoms. The van der Waals surface area contributed by atoms with Crippen molar-refractivity contribution in [2.75, 3.05) is 0 Å². The molecule has 1 amide bonds. The van der Waals surface area contributed by atoms with Gasteiger partial charge < -0.3 is 14.6 Å². The van der Waals surface area contributed by atoms with Crippen LogP contribution in [0.25, 0.3) is 11.8 Å². The van der Waals surface area contributed by atoms with Crippen LogP contribution in [0.3, 0.4) is 0 Å². The maximum Gasteiger partial charge on any atom is 0.262 e. The number of nitrogens with one attached hydrogen (secondary N) is 1. The van der Waals surface area contributed by atoms with E-state index in [1.54, 1.807) is 6.08 Å². The fourth-order valence-electron chi connectivity index (χ4n) is 4.17. The average Bonchev–Trinajstić information content (AvgIpc) is 3.19. The number of nitriles is 1. The highest BCUT2D eigenvalue weighted by molar-refractivity contribution is 6.30. The number of rotatable bonds is 8. The van der Waals surface area contributed by atoms with Gasteiger partial charge in [-0.2, -0.15) is 5.26 Å². The van der Waals surface area contributed by atoms with Crippen molar-refractivity contribution in [3.8, 4) is 17.5 Å². The Morgan fingerprint density at radius 3 is 2.38 bits per heavy atom. The van der Waals surface area contributed by atoms with Crippen molar-refractivity contribution in [1.82, 2.24) is 9.88 Å². The molecular weight excluding hydrogens is 482 g/mol. The summed E-state index contributed by atoms with van der Waals surface area (Å²) in [6.07, 6.45) is 1.65. The van der Waals surface area contributed by atoms with Crippen LogP contribution in [0.5, 0.6) is 5.75 Å². The maximum atomic E-state index is 12.8. The second kappa shape index (κ2) is 11.6. The summed E-state index contributed by atoms with van der Waals surface area (Å²) in [5.74, 6) is 0.364. The van der Waals surface area contributed by atoms with Crippen molar-refractivity contribution in [3.63, 3.8) is 0 Å². The summed E-state index contributed by atoms with van der Waals surface area (Å²) >= 11 is 5.94. The van der Waals surface area contributed by atoms with Gasteiger partial charge >= 0.3 is 0 Å². The number of nitrogens with zero attached hydrogens (tertiary/aromatic N) is 2. The third-order valence-corrected chi connectivity index (χ3v) is 6.45. The molecule has 5 nitrogen and oxygen atoms in total. The van der Waals surface area contributed by atoms with Crippen LogP contribution < -0.4 is 10.1 Å². The first-order valence-corrected chi connectivity index (χ1v) is 12.4. The van der Waals surface area contributed by atoms with E-state index in [0.717, 1.165) is 39.5 Å². The fourth-order valence-corrected chi connectivity index (χ4v) is 4.30. The Kier molecular flexibility index (Phi) is 8.12. The van der Waals surface area contributed by atoms with Crippen LogP contribution in [-0.2, 0) is 11.4 Å². The van der Waals surface area contributed by atoms with E-state index in [2.05, 4.69) is 16.0 Å². The van der Waals surface area contributed by atoms with E-state index in [0.29, 0.717) is 11.6 Å². The van der Waals surface area contributed by atoms with E-state index < -0.39 is 5.91 Å². The number of carbonyl (C=O) groups excluding carboxylic acids is 1. The molecule has 4 aromatic rings. The molecule has 1 N–H and O–H groups in total. The van der Waals surface area contributed by atoms with Crippen LogP contribution in [-0.4, -0.2) is 10.5 Å². The summed E-state index contributed by atoms with van der Waals surface area (Å²) in [6, 6.07) is 28.9. The lowest BCUT2D eigenvalue weighted by molar-refractivity contribution is -0.117. The highest BCUT2D eigenvalue weighted by Crippen LogP contribution is 2.25. The number of halogens is 1. The third-order valence-electron chi connectivity index (χ3n) is 6.20. The van der Waals surface area contributed by atoms with E-state index in [1.807, 2.05) is 106 Å². The molecule has 3 aromatic carbocycles. The summed E-state index contributed by atoms with van der Waals surface area (Å²) in [4.78, 5) is 12.8. The first kappa shape index (κ1) is 25.8. The molecule has 0 saturated carbocycles. The molecule has 186 valence electrons. The van der Waals surface area contributed by atoms with Gasteiger partial charge in [-0.25, -0.2) is 0 Å². The minimum absolute atomic E-state index is 0.0639. The van der Waals surface area contributed by atoms with Crippen molar-refractivity contribution in [1.29, 1.82) is 5.26 Å². The van der Waals surface area contributed by atoms with E-state index in [4.69, 9.17) is 16.3 Å². The smallest absolute Gasteiger partial charge is 0.262 e. The standard InChI is InChI=1S/C31H28ClN3O2/c1-21-17-26(18-27(19-33)31(36)34-22(2)25-7-5-4-6-8-25)23(3)35(21)29-13-15-30(16-14-29)37-20-24-9-11-28(32)12-10-24/h4-18,22H,20H2,1-3H3,(H,34,36)/b27-18-/t22-/m0/s1. The average molecular weight is 510 g/mol. The van der Waals surface area contributed by atoms with E-state index in [9.17, 15) is 10.1 Å². The number of benzene rings is 3. The molecule has 0 radical (unpaired) electrons. The van der Waals surface area contributed by atoms with Crippen molar-refractivity contribution >= 4 is 23.6 Å². The zero-order valence-electron chi connectivity index (χ0n) is 21.0. The molecule has 0 unspecified atom stereocenters. The first-order chi connectivity index (χ1) is 17.9. The SMILES string of the molecule is Cc1cc(/C=C(/C#N)C(=O)N[C@@H](C)c2ccccc2)c(C)n1-c1ccc(OCc2ccc(Cl)cc2)cc1. The van der Waals surface area contributed by atoms with Crippen LogP contribution in [0.1, 0.15) is 41.0 Å². The van der Waals surface area contributed by atoms with Crippen molar-refractivity contribution in [2.24, 2.45) is 0 Å². The number of amides is 1. The van der Waals surface area contributed by atoms with Gasteiger partial charge in [0.2, 0.25) is 0 Å². The van der Waals surface area contributed by atoms with Gasteiger partial charge in [0.1, 0.15) is 24.0 Å². The van der Waals surface area contributed by atoms with Crippen LogP contribution in [0.4, 0.5) is 0 Å². The van der Waals surface area contributed by atoms with Gasteiger partial charge in [0, 0.05) is 22.1 Å². The highest BCUT2D eigenvalue weighted by Gasteiger charge is 2.16. The predicted octanol–water partition coefficient (Wildman–Crippen LogP) is 7.11. The highest BCUT2D eigenvalue weighted by atomic mass is 35.5. The minimum Gasteiger partial charge on any atom is -0.489 e. The Morgan fingerprint density at radius 1 is 1.05 bits per heavy atom. The monoisotopic (exact) mass is 509 g/mol. The lowest BCUT2D eigenvalue weighted by Gasteiger charge is -2.14. The molecular formula is C31H28ClN3O2. The molecule has 0 bridgehead atoms. The Bertz CT molecular complexity index is 1450. The first-order valence-electron chi connectivity index (χ1n) is 12.0. The van der Waals surface area contributed by atoms with E-state index >= 15 is 0 Å². The number of hydrogen-bond donors (Lipinski definition) is 1. The van der Waals surface area contributed by atoms with E-state index in [1.165, 1.54) is 0 Å². The molecule has 0 aliphatic carbocycles. The normalized spacial score (nSPS) is 12.0. The molecule has 0 saturated heterocycles. The second-order valence-corrected chi connectivity index (χ2v) is 9.28. The van der Waals surface area contributed by atoms with Crippen LogP contribution in [0, 0.1) is 25.2 Å². The zero-order chi connectivity index (χ0) is 26.4.